The summed E-state index contributed by atoms with van der Waals surface area (Å²) in [4.78, 5) is 4.60. The van der Waals surface area contributed by atoms with Crippen molar-refractivity contribution < 1.29 is 4.74 Å². The van der Waals surface area contributed by atoms with Crippen molar-refractivity contribution in [3.63, 3.8) is 0 Å². The van der Waals surface area contributed by atoms with Crippen LogP contribution in [0.15, 0.2) is 6.07 Å². The topological polar surface area (TPSA) is 57.9 Å². The summed E-state index contributed by atoms with van der Waals surface area (Å²) < 4.78 is 5.16. The van der Waals surface area contributed by atoms with Crippen molar-refractivity contribution in [3.8, 4) is 6.07 Å². The fourth-order valence-corrected chi connectivity index (χ4v) is 2.32. The maximum absolute atomic E-state index is 9.20. The van der Waals surface area contributed by atoms with Crippen LogP contribution in [0.4, 0.5) is 5.82 Å². The molecule has 0 saturated carbocycles. The number of aromatic nitrogens is 1. The minimum Gasteiger partial charge on any atom is -0.383 e. The molecule has 0 aromatic carbocycles. The SMILES string of the molecule is CCC(COC)Nc1nc2c(cc1C#N)CCC2. The highest BCUT2D eigenvalue weighted by atomic mass is 16.5. The third-order valence-electron chi connectivity index (χ3n) is 3.37. The Morgan fingerprint density at radius 2 is 2.39 bits per heavy atom. The van der Waals surface area contributed by atoms with Crippen molar-refractivity contribution in [1.82, 2.24) is 4.98 Å². The maximum atomic E-state index is 9.20. The average Bonchev–Trinajstić information content (AvgIpc) is 2.84. The Balaban J connectivity index is 2.24. The van der Waals surface area contributed by atoms with Gasteiger partial charge in [-0.05, 0) is 37.3 Å². The number of methoxy groups -OCH3 is 1. The second-order valence-corrected chi connectivity index (χ2v) is 4.66. The van der Waals surface area contributed by atoms with Gasteiger partial charge < -0.3 is 10.1 Å². The Labute approximate surface area is 108 Å². The van der Waals surface area contributed by atoms with Crippen LogP contribution in [0.1, 0.15) is 36.6 Å². The Morgan fingerprint density at radius 1 is 1.56 bits per heavy atom. The first-order chi connectivity index (χ1) is 8.78. The Bertz CT molecular complexity index is 465. The van der Waals surface area contributed by atoms with Crippen molar-refractivity contribution in [2.45, 2.75) is 38.6 Å². The maximum Gasteiger partial charge on any atom is 0.144 e. The van der Waals surface area contributed by atoms with Gasteiger partial charge in [0, 0.05) is 12.8 Å². The van der Waals surface area contributed by atoms with Crippen LogP contribution in [-0.4, -0.2) is 24.7 Å². The Hall–Kier alpha value is -1.60. The molecule has 0 saturated heterocycles. The second-order valence-electron chi connectivity index (χ2n) is 4.66. The number of nitrogens with zero attached hydrogens (tertiary/aromatic N) is 2. The van der Waals surface area contributed by atoms with E-state index in [1.165, 1.54) is 5.56 Å². The highest BCUT2D eigenvalue weighted by Gasteiger charge is 2.17. The van der Waals surface area contributed by atoms with Crippen molar-refractivity contribution >= 4 is 5.82 Å². The lowest BCUT2D eigenvalue weighted by molar-refractivity contribution is 0.184. The normalized spacial score (nSPS) is 14.9. The molecule has 96 valence electrons. The van der Waals surface area contributed by atoms with Crippen molar-refractivity contribution in [1.29, 1.82) is 5.26 Å². The average molecular weight is 245 g/mol. The molecular weight excluding hydrogens is 226 g/mol. The summed E-state index contributed by atoms with van der Waals surface area (Å²) in [5, 5.41) is 12.5. The molecule has 1 aliphatic carbocycles. The van der Waals surface area contributed by atoms with E-state index >= 15 is 0 Å². The quantitative estimate of drug-likeness (QED) is 0.864. The van der Waals surface area contributed by atoms with E-state index < -0.39 is 0 Å². The highest BCUT2D eigenvalue weighted by molar-refractivity contribution is 5.55. The number of nitrogens with one attached hydrogen (secondary N) is 1. The molecule has 0 aliphatic heterocycles. The van der Waals surface area contributed by atoms with E-state index in [1.54, 1.807) is 7.11 Å². The van der Waals surface area contributed by atoms with Crippen molar-refractivity contribution in [3.05, 3.63) is 22.9 Å². The van der Waals surface area contributed by atoms with E-state index in [4.69, 9.17) is 4.74 Å². The molecular formula is C14H19N3O. The van der Waals surface area contributed by atoms with E-state index in [2.05, 4.69) is 23.3 Å². The number of ether oxygens (including phenoxy) is 1. The number of hydrogen-bond acceptors (Lipinski definition) is 4. The molecule has 1 unspecified atom stereocenters. The molecule has 18 heavy (non-hydrogen) atoms. The van der Waals surface area contributed by atoms with E-state index in [-0.39, 0.29) is 6.04 Å². The predicted octanol–water partition coefficient (Wildman–Crippen LogP) is 2.28. The minimum absolute atomic E-state index is 0.203. The fraction of sp³-hybridized carbons (Fsp3) is 0.571. The van der Waals surface area contributed by atoms with Gasteiger partial charge >= 0.3 is 0 Å². The summed E-state index contributed by atoms with van der Waals surface area (Å²) >= 11 is 0. The van der Waals surface area contributed by atoms with Gasteiger partial charge in [0.1, 0.15) is 11.9 Å². The van der Waals surface area contributed by atoms with Gasteiger partial charge in [-0.15, -0.1) is 0 Å². The molecule has 0 radical (unpaired) electrons. The van der Waals surface area contributed by atoms with Gasteiger partial charge in [-0.25, -0.2) is 4.98 Å². The number of hydrogen-bond donors (Lipinski definition) is 1. The van der Waals surface area contributed by atoms with Crippen LogP contribution in [0.3, 0.4) is 0 Å². The van der Waals surface area contributed by atoms with Gasteiger partial charge in [0.25, 0.3) is 0 Å². The lowest BCUT2D eigenvalue weighted by Gasteiger charge is -2.18. The fourth-order valence-electron chi connectivity index (χ4n) is 2.32. The first kappa shape index (κ1) is 12.8. The van der Waals surface area contributed by atoms with E-state index in [9.17, 15) is 5.26 Å². The van der Waals surface area contributed by atoms with Crippen molar-refractivity contribution in [2.24, 2.45) is 0 Å². The predicted molar refractivity (Wildman–Crippen MR) is 70.6 cm³/mol. The van der Waals surface area contributed by atoms with Crippen LogP contribution < -0.4 is 5.32 Å². The molecule has 0 spiro atoms. The first-order valence-corrected chi connectivity index (χ1v) is 6.46. The van der Waals surface area contributed by atoms with Gasteiger partial charge in [-0.3, -0.25) is 0 Å². The van der Waals surface area contributed by atoms with Crippen LogP contribution in [0.5, 0.6) is 0 Å². The highest BCUT2D eigenvalue weighted by Crippen LogP contribution is 2.25. The molecule has 1 aromatic heterocycles. The van der Waals surface area contributed by atoms with E-state index in [0.29, 0.717) is 18.0 Å². The smallest absolute Gasteiger partial charge is 0.144 e. The molecule has 1 aliphatic rings. The number of rotatable bonds is 5. The molecule has 1 atom stereocenters. The summed E-state index contributed by atoms with van der Waals surface area (Å²) in [5.41, 5.74) is 3.02. The van der Waals surface area contributed by atoms with Crippen LogP contribution >= 0.6 is 0 Å². The van der Waals surface area contributed by atoms with E-state index in [1.807, 2.05) is 6.07 Å². The first-order valence-electron chi connectivity index (χ1n) is 6.46. The molecule has 4 heteroatoms. The molecule has 4 nitrogen and oxygen atoms in total. The number of pyridine rings is 1. The summed E-state index contributed by atoms with van der Waals surface area (Å²) in [6.45, 7) is 2.72. The van der Waals surface area contributed by atoms with Gasteiger partial charge in [0.15, 0.2) is 0 Å². The number of anilines is 1. The zero-order chi connectivity index (χ0) is 13.0. The summed E-state index contributed by atoms with van der Waals surface area (Å²) in [5.74, 6) is 0.710. The van der Waals surface area contributed by atoms with Gasteiger partial charge in [0.2, 0.25) is 0 Å². The third kappa shape index (κ3) is 2.62. The molecule has 0 bridgehead atoms. The standard InChI is InChI=1S/C14H19N3O/c1-3-12(9-18-2)16-14-11(8-15)7-10-5-4-6-13(10)17-14/h7,12H,3-6,9H2,1-2H3,(H,16,17). The third-order valence-corrected chi connectivity index (χ3v) is 3.37. The zero-order valence-corrected chi connectivity index (χ0v) is 11.0. The van der Waals surface area contributed by atoms with E-state index in [0.717, 1.165) is 31.4 Å². The number of fused-ring (bicyclic) bond motifs is 1. The lowest BCUT2D eigenvalue weighted by Crippen LogP contribution is -2.25. The molecule has 1 N–H and O–H groups in total. The molecule has 2 rings (SSSR count). The Kier molecular flexibility index (Phi) is 4.16. The largest absolute Gasteiger partial charge is 0.383 e. The van der Waals surface area contributed by atoms with Crippen molar-refractivity contribution in [2.75, 3.05) is 19.0 Å². The summed E-state index contributed by atoms with van der Waals surface area (Å²) in [6.07, 6.45) is 4.16. The molecule has 1 aromatic rings. The zero-order valence-electron chi connectivity index (χ0n) is 11.0. The van der Waals surface area contributed by atoms with Crippen LogP contribution in [0, 0.1) is 11.3 Å². The second kappa shape index (κ2) is 5.83. The Morgan fingerprint density at radius 3 is 3.06 bits per heavy atom. The van der Waals surface area contributed by atoms with Crippen LogP contribution in [0.25, 0.3) is 0 Å². The van der Waals surface area contributed by atoms with Crippen LogP contribution in [0.2, 0.25) is 0 Å². The number of aryl methyl sites for hydroxylation is 2. The van der Waals surface area contributed by atoms with Gasteiger partial charge in [-0.1, -0.05) is 6.92 Å². The summed E-state index contributed by atoms with van der Waals surface area (Å²) in [7, 11) is 1.69. The van der Waals surface area contributed by atoms with Gasteiger partial charge in [-0.2, -0.15) is 5.26 Å². The van der Waals surface area contributed by atoms with Gasteiger partial charge in [0.05, 0.1) is 18.2 Å². The number of nitriles is 1. The summed E-state index contributed by atoms with van der Waals surface area (Å²) in [6, 6.07) is 4.42. The molecule has 0 fully saturated rings. The molecule has 0 amide bonds. The molecule has 1 heterocycles. The lowest BCUT2D eigenvalue weighted by atomic mass is 10.1. The monoisotopic (exact) mass is 245 g/mol. The minimum atomic E-state index is 0.203. The van der Waals surface area contributed by atoms with Crippen LogP contribution in [-0.2, 0) is 17.6 Å².